The van der Waals surface area contributed by atoms with Crippen LogP contribution < -0.4 is 35.6 Å². The number of hydrogen-bond donors (Lipinski definition) is 8. The molecule has 37 nitrogen and oxygen atoms in total. The number of benzene rings is 4. The molecule has 0 unspecified atom stereocenters. The molecule has 0 aliphatic carbocycles. The first kappa shape index (κ1) is 87.6. The van der Waals surface area contributed by atoms with Crippen molar-refractivity contribution in [1.29, 1.82) is 0 Å². The molecule has 0 spiro atoms. The summed E-state index contributed by atoms with van der Waals surface area (Å²) >= 11 is 6.73. The SMILES string of the molecule is COCCOCCOCCOCCOCCOCCOCCOCCNC(=O)CCN(CCN(C)C(=O)OCc1ccc(O[C@@H]2O[C@H](C(=O)O)[C@@H](O)[C@H](O)[C@H]2O)c(NC(=O)CNC(=O)CCN2C(=O)C=CC2=O)c1)C(=O)Oc1cc2c(c3c(C)cccc13)[C@H](CCl)CN2C(=O)c1cn2cc(NC(=O)c3cc4ccccc4o3)ccc2n1. The fourth-order valence-corrected chi connectivity index (χ4v) is 12.6. The highest BCUT2D eigenvalue weighted by Gasteiger charge is 2.48. The average Bonchev–Trinajstić information content (AvgIpc) is 1.56. The van der Waals surface area contributed by atoms with Crippen LogP contribution in [0, 0.1) is 6.92 Å². The first-order valence-corrected chi connectivity index (χ1v) is 37.8. The van der Waals surface area contributed by atoms with Crippen molar-refractivity contribution < 1.29 is 130 Å². The van der Waals surface area contributed by atoms with Crippen molar-refractivity contribution in [2.45, 2.75) is 63.0 Å². The number of hydrogen-bond acceptors (Lipinski definition) is 27. The van der Waals surface area contributed by atoms with Gasteiger partial charge in [-0.2, -0.15) is 0 Å². The normalized spacial score (nSPS) is 17.1. The second-order valence-electron chi connectivity index (χ2n) is 26.6. The van der Waals surface area contributed by atoms with Gasteiger partial charge >= 0.3 is 18.2 Å². The third-order valence-electron chi connectivity index (χ3n) is 18.4. The standard InChI is InChI=1S/C78H93ClN10O27/c1-48-7-6-9-53-59(41-56-68(67(48)53)51(42-79)44-89(56)74(99)55-46-87-45-52(12-14-61(87)83-55)82-73(98)60-40-50-8-4-5-10-57(50)113-60)115-78(103)86(20-17-62(90)80-19-24-105-27-28-107-31-32-109-35-36-111-38-37-110-34-33-108-30-29-106-26-25-104-3)23-22-85(2)77(102)112-47-49-11-13-58(114-76-71(97)69(95)70(96)72(116-76)75(100)101)54(39-49)84-64(92)43-81-63(91)18-21-88-65(93)15-16-66(88)94/h4-16,39-41,45-46,51,69-72,76,95-97H,17-38,42-44,47H2,1-3H3,(H,80,90)(H,81,91)(H,82,98)(H,84,92)(H,100,101)/t51-,69+,70+,71-,72+,76-/m1/s1. The summed E-state index contributed by atoms with van der Waals surface area (Å²) in [6, 6.07) is 23.0. The summed E-state index contributed by atoms with van der Waals surface area (Å²) in [7, 11) is 2.98. The monoisotopic (exact) mass is 1640 g/mol. The molecular weight excluding hydrogens is 1540 g/mol. The number of nitrogens with zero attached hydrogens (tertiary/aromatic N) is 6. The van der Waals surface area contributed by atoms with Crippen LogP contribution in [0.5, 0.6) is 11.5 Å². The molecule has 38 heteroatoms. The molecule has 1 saturated heterocycles. The molecule has 0 radical (unpaired) electrons. The molecule has 6 heterocycles. The lowest BCUT2D eigenvalue weighted by molar-refractivity contribution is -0.271. The Morgan fingerprint density at radius 2 is 1.32 bits per heavy atom. The van der Waals surface area contributed by atoms with Gasteiger partial charge in [0.05, 0.1) is 123 Å². The number of carboxylic acid groups (broad SMARTS) is 1. The van der Waals surface area contributed by atoms with E-state index in [2.05, 4.69) is 26.3 Å². The summed E-state index contributed by atoms with van der Waals surface area (Å²) in [4.78, 5) is 142. The van der Waals surface area contributed by atoms with E-state index in [0.717, 1.165) is 38.5 Å². The number of amides is 9. The van der Waals surface area contributed by atoms with Crippen LogP contribution in [0.3, 0.4) is 0 Å². The molecule has 3 aliphatic rings. The number of alkyl halides is 1. The topological polar surface area (TPSA) is 454 Å². The Balaban J connectivity index is 0.774. The molecule has 0 bridgehead atoms. The predicted octanol–water partition coefficient (Wildman–Crippen LogP) is 3.76. The van der Waals surface area contributed by atoms with Gasteiger partial charge in [0.25, 0.3) is 23.6 Å². The zero-order valence-corrected chi connectivity index (χ0v) is 64.7. The lowest BCUT2D eigenvalue weighted by Gasteiger charge is -2.38. The molecule has 3 aromatic heterocycles. The number of nitrogens with one attached hydrogen (secondary N) is 4. The van der Waals surface area contributed by atoms with Crippen LogP contribution in [-0.4, -0.2) is 300 Å². The minimum absolute atomic E-state index is 0.0393. The Hall–Kier alpha value is -10.8. The summed E-state index contributed by atoms with van der Waals surface area (Å²) in [5, 5.41) is 53.7. The molecule has 6 atom stereocenters. The van der Waals surface area contributed by atoms with Crippen molar-refractivity contribution in [2.75, 3.05) is 180 Å². The van der Waals surface area contributed by atoms with Gasteiger partial charge in [-0.25, -0.2) is 19.4 Å². The maximum absolute atomic E-state index is 14.9. The van der Waals surface area contributed by atoms with Crippen molar-refractivity contribution in [3.05, 3.63) is 138 Å². The van der Waals surface area contributed by atoms with Crippen LogP contribution in [0.25, 0.3) is 27.4 Å². The summed E-state index contributed by atoms with van der Waals surface area (Å²) in [5.74, 6) is -6.47. The van der Waals surface area contributed by atoms with E-state index in [1.165, 1.54) is 41.2 Å². The summed E-state index contributed by atoms with van der Waals surface area (Å²) in [6.45, 7) is 5.55. The van der Waals surface area contributed by atoms with Crippen molar-refractivity contribution in [3.8, 4) is 11.5 Å². The van der Waals surface area contributed by atoms with Crippen LogP contribution in [0.15, 0.2) is 114 Å². The number of aliphatic hydroxyl groups is 3. The molecule has 8 N–H and O–H groups in total. The number of carbonyl (C=O) groups is 10. The predicted molar refractivity (Wildman–Crippen MR) is 412 cm³/mol. The van der Waals surface area contributed by atoms with E-state index >= 15 is 0 Å². The second-order valence-corrected chi connectivity index (χ2v) is 26.9. The third-order valence-corrected chi connectivity index (χ3v) is 18.8. The van der Waals surface area contributed by atoms with Gasteiger partial charge in [0, 0.05) is 119 Å². The highest BCUT2D eigenvalue weighted by molar-refractivity contribution is 6.19. The maximum Gasteiger partial charge on any atom is 0.415 e. The number of furan rings is 1. The van der Waals surface area contributed by atoms with Crippen molar-refractivity contribution >= 4 is 116 Å². The average molecular weight is 1640 g/mol. The number of imidazole rings is 1. The number of aromatic nitrogens is 2. The van der Waals surface area contributed by atoms with Crippen LogP contribution in [0.4, 0.5) is 26.7 Å². The lowest BCUT2D eigenvalue weighted by atomic mass is 9.92. The Morgan fingerprint density at radius 1 is 0.664 bits per heavy atom. The van der Waals surface area contributed by atoms with E-state index in [4.69, 9.17) is 72.9 Å². The Kier molecular flexibility index (Phi) is 33.1. The molecule has 0 saturated carbocycles. The fourth-order valence-electron chi connectivity index (χ4n) is 12.4. The minimum Gasteiger partial charge on any atom is -0.479 e. The first-order chi connectivity index (χ1) is 56.1. The zero-order valence-electron chi connectivity index (χ0n) is 64.0. The second kappa shape index (κ2) is 43.8. The number of rotatable bonds is 46. The molecule has 116 heavy (non-hydrogen) atoms. The number of aryl methyl sites for hydroxylation is 1. The number of methoxy groups -OCH3 is 1. The van der Waals surface area contributed by atoms with Crippen LogP contribution in [-0.2, 0) is 82.7 Å². The van der Waals surface area contributed by atoms with Gasteiger partial charge in [-0.1, -0.05) is 42.5 Å². The number of ether oxygens (including phenoxy) is 12. The fraction of sp³-hybridized carbons (Fsp3) is 0.449. The van der Waals surface area contributed by atoms with E-state index in [0.29, 0.717) is 113 Å². The number of fused-ring (bicyclic) bond motifs is 5. The van der Waals surface area contributed by atoms with Gasteiger partial charge in [-0.3, -0.25) is 38.5 Å². The molecule has 7 aromatic rings. The van der Waals surface area contributed by atoms with Crippen molar-refractivity contribution in [1.82, 2.24) is 34.7 Å². The highest BCUT2D eigenvalue weighted by atomic mass is 35.5. The molecule has 1 fully saturated rings. The van der Waals surface area contributed by atoms with Crippen molar-refractivity contribution in [3.63, 3.8) is 0 Å². The molecular formula is C78H93ClN10O27. The number of carboxylic acids is 1. The highest BCUT2D eigenvalue weighted by Crippen LogP contribution is 2.47. The zero-order chi connectivity index (χ0) is 82.6. The third kappa shape index (κ3) is 24.4. The summed E-state index contributed by atoms with van der Waals surface area (Å²) in [6.07, 6.45) is -7.45. The molecule has 624 valence electrons. The van der Waals surface area contributed by atoms with Gasteiger partial charge in [-0.15, -0.1) is 11.6 Å². The number of aliphatic hydroxyl groups excluding tert-OH is 3. The first-order valence-electron chi connectivity index (χ1n) is 37.3. The Morgan fingerprint density at radius 3 is 1.97 bits per heavy atom. The number of anilines is 3. The quantitative estimate of drug-likeness (QED) is 0.0153. The summed E-state index contributed by atoms with van der Waals surface area (Å²) in [5.41, 5.74) is 3.23. The number of likely N-dealkylation sites (N-methyl/N-ethyl adjacent to an activating group) is 1. The number of halogens is 1. The molecule has 10 rings (SSSR count). The Bertz CT molecular complexity index is 4570. The smallest absolute Gasteiger partial charge is 0.415 e. The van der Waals surface area contributed by atoms with E-state index in [-0.39, 0.29) is 112 Å². The summed E-state index contributed by atoms with van der Waals surface area (Å²) < 4.78 is 74.0. The van der Waals surface area contributed by atoms with Gasteiger partial charge in [0.2, 0.25) is 24.0 Å². The van der Waals surface area contributed by atoms with Gasteiger partial charge < -0.3 is 122 Å². The van der Waals surface area contributed by atoms with Crippen LogP contribution in [0.1, 0.15) is 56.5 Å². The largest absolute Gasteiger partial charge is 0.479 e. The van der Waals surface area contributed by atoms with Gasteiger partial charge in [0.15, 0.2) is 11.9 Å². The maximum atomic E-state index is 14.9. The minimum atomic E-state index is -2.07. The van der Waals surface area contributed by atoms with Gasteiger partial charge in [-0.05, 0) is 65.4 Å². The molecule has 3 aliphatic heterocycles. The van der Waals surface area contributed by atoms with E-state index in [9.17, 15) is 68.4 Å². The number of aliphatic carboxylic acids is 1. The van der Waals surface area contributed by atoms with Crippen LogP contribution >= 0.6 is 11.6 Å². The number of pyridine rings is 1. The Labute approximate surface area is 669 Å². The number of para-hydroxylation sites is 1. The van der Waals surface area contributed by atoms with E-state index < -0.39 is 109 Å². The van der Waals surface area contributed by atoms with E-state index in [1.807, 2.05) is 25.1 Å². The molecule has 9 amide bonds. The number of imide groups is 1. The van der Waals surface area contributed by atoms with Gasteiger partial charge in [0.1, 0.15) is 53.3 Å². The van der Waals surface area contributed by atoms with Crippen molar-refractivity contribution in [2.24, 2.45) is 0 Å². The van der Waals surface area contributed by atoms with Crippen LogP contribution in [0.2, 0.25) is 0 Å². The van der Waals surface area contributed by atoms with E-state index in [1.54, 1.807) is 66.2 Å². The molecule has 4 aromatic carbocycles. The number of carbonyl (C=O) groups excluding carboxylic acids is 9. The lowest BCUT2D eigenvalue weighted by Crippen LogP contribution is -2.61.